The van der Waals surface area contributed by atoms with Crippen molar-refractivity contribution in [2.24, 2.45) is 5.73 Å². The summed E-state index contributed by atoms with van der Waals surface area (Å²) in [7, 11) is 0. The smallest absolute Gasteiger partial charge is 0.121 e. The van der Waals surface area contributed by atoms with Crippen molar-refractivity contribution in [3.05, 3.63) is 11.4 Å². The van der Waals surface area contributed by atoms with Crippen LogP contribution >= 0.6 is 0 Å². The molecule has 5 heteroatoms. The highest BCUT2D eigenvalue weighted by Gasteiger charge is 2.02. The maximum absolute atomic E-state index is 5.33. The second-order valence-electron chi connectivity index (χ2n) is 2.62. The monoisotopic (exact) mass is 170 g/mol. The van der Waals surface area contributed by atoms with Crippen molar-refractivity contribution >= 4 is 0 Å². The lowest BCUT2D eigenvalue weighted by atomic mass is 10.3. The molecule has 1 aromatic heterocycles. The summed E-state index contributed by atoms with van der Waals surface area (Å²) in [4.78, 5) is 0. The van der Waals surface area contributed by atoms with E-state index in [-0.39, 0.29) is 0 Å². The van der Waals surface area contributed by atoms with E-state index >= 15 is 0 Å². The highest BCUT2D eigenvalue weighted by atomic mass is 16.6. The minimum Gasteiger partial charge on any atom is -0.330 e. The third-order valence-corrected chi connectivity index (χ3v) is 1.60. The van der Waals surface area contributed by atoms with Gasteiger partial charge in [0.05, 0.1) is 0 Å². The van der Waals surface area contributed by atoms with Gasteiger partial charge in [-0.1, -0.05) is 10.3 Å². The molecular formula is C7H14N4O. The second-order valence-corrected chi connectivity index (χ2v) is 2.62. The molecule has 1 aromatic rings. The van der Waals surface area contributed by atoms with Crippen molar-refractivity contribution in [3.63, 3.8) is 0 Å². The number of rotatable bonds is 5. The van der Waals surface area contributed by atoms with Gasteiger partial charge < -0.3 is 11.1 Å². The van der Waals surface area contributed by atoms with Gasteiger partial charge in [-0.25, -0.2) is 4.63 Å². The van der Waals surface area contributed by atoms with Gasteiger partial charge >= 0.3 is 0 Å². The van der Waals surface area contributed by atoms with Gasteiger partial charge in [0, 0.05) is 6.54 Å². The van der Waals surface area contributed by atoms with E-state index < -0.39 is 0 Å². The van der Waals surface area contributed by atoms with Gasteiger partial charge in [0.25, 0.3) is 0 Å². The Hall–Kier alpha value is -0.940. The molecule has 0 atom stereocenters. The molecule has 0 bridgehead atoms. The molecule has 0 saturated carbocycles. The fourth-order valence-electron chi connectivity index (χ4n) is 0.844. The summed E-state index contributed by atoms with van der Waals surface area (Å²) < 4.78 is 4.54. The lowest BCUT2D eigenvalue weighted by Crippen LogP contribution is -2.18. The highest BCUT2D eigenvalue weighted by molar-refractivity contribution is 5.03. The first kappa shape index (κ1) is 9.15. The molecule has 1 heterocycles. The quantitative estimate of drug-likeness (QED) is 0.599. The van der Waals surface area contributed by atoms with Gasteiger partial charge in [-0.15, -0.1) is 0 Å². The van der Waals surface area contributed by atoms with Crippen molar-refractivity contribution in [3.8, 4) is 0 Å². The van der Waals surface area contributed by atoms with Crippen LogP contribution in [0.2, 0.25) is 0 Å². The average molecular weight is 170 g/mol. The Morgan fingerprint density at radius 3 is 2.92 bits per heavy atom. The van der Waals surface area contributed by atoms with E-state index in [1.54, 1.807) is 0 Å². The zero-order valence-corrected chi connectivity index (χ0v) is 7.21. The Labute approximate surface area is 71.3 Å². The first-order valence-corrected chi connectivity index (χ1v) is 4.03. The minimum absolute atomic E-state index is 0.704. The molecule has 0 radical (unpaired) electrons. The molecule has 12 heavy (non-hydrogen) atoms. The van der Waals surface area contributed by atoms with Gasteiger partial charge in [-0.2, -0.15) is 0 Å². The predicted octanol–water partition coefficient (Wildman–Crippen LogP) is -0.184. The molecule has 0 amide bonds. The number of nitrogens with one attached hydrogen (secondary N) is 1. The first-order valence-electron chi connectivity index (χ1n) is 4.03. The van der Waals surface area contributed by atoms with Crippen LogP contribution in [0.4, 0.5) is 0 Å². The lowest BCUT2D eigenvalue weighted by molar-refractivity contribution is 0.300. The minimum atomic E-state index is 0.704. The maximum Gasteiger partial charge on any atom is 0.121 e. The van der Waals surface area contributed by atoms with Crippen LogP contribution < -0.4 is 11.1 Å². The van der Waals surface area contributed by atoms with Crippen molar-refractivity contribution < 1.29 is 4.63 Å². The van der Waals surface area contributed by atoms with Crippen molar-refractivity contribution in [1.82, 2.24) is 15.6 Å². The number of nitrogens with two attached hydrogens (primary N) is 1. The number of aryl methyl sites for hydroxylation is 1. The van der Waals surface area contributed by atoms with E-state index in [9.17, 15) is 0 Å². The molecule has 0 aliphatic heterocycles. The van der Waals surface area contributed by atoms with Crippen molar-refractivity contribution in [2.75, 3.05) is 13.1 Å². The summed E-state index contributed by atoms with van der Waals surface area (Å²) in [6.45, 7) is 4.19. The fraction of sp³-hybridized carbons (Fsp3) is 0.714. The molecule has 0 fully saturated rings. The SMILES string of the molecule is Cc1nonc1CNCCCN. The van der Waals surface area contributed by atoms with E-state index in [2.05, 4.69) is 20.3 Å². The Morgan fingerprint density at radius 1 is 1.50 bits per heavy atom. The van der Waals surface area contributed by atoms with E-state index in [0.29, 0.717) is 13.1 Å². The molecule has 0 aliphatic carbocycles. The molecule has 0 saturated heterocycles. The number of hydrogen-bond acceptors (Lipinski definition) is 5. The van der Waals surface area contributed by atoms with Gasteiger partial charge in [-0.05, 0) is 26.4 Å². The van der Waals surface area contributed by atoms with E-state index in [4.69, 9.17) is 5.73 Å². The van der Waals surface area contributed by atoms with Gasteiger partial charge in [-0.3, -0.25) is 0 Å². The summed E-state index contributed by atoms with van der Waals surface area (Å²) in [5, 5.41) is 10.6. The molecule has 5 nitrogen and oxygen atoms in total. The van der Waals surface area contributed by atoms with Crippen LogP contribution in [0.25, 0.3) is 0 Å². The molecule has 1 rings (SSSR count). The normalized spacial score (nSPS) is 10.5. The van der Waals surface area contributed by atoms with E-state index in [0.717, 1.165) is 24.4 Å². The van der Waals surface area contributed by atoms with Crippen molar-refractivity contribution in [1.29, 1.82) is 0 Å². The topological polar surface area (TPSA) is 77.0 Å². The van der Waals surface area contributed by atoms with E-state index in [1.165, 1.54) is 0 Å². The summed E-state index contributed by atoms with van der Waals surface area (Å²) >= 11 is 0. The standard InChI is InChI=1S/C7H14N4O/c1-6-7(11-12-10-6)5-9-4-2-3-8/h9H,2-5,8H2,1H3. The first-order chi connectivity index (χ1) is 5.84. The van der Waals surface area contributed by atoms with Crippen LogP contribution in [0, 0.1) is 6.92 Å². The number of hydrogen-bond donors (Lipinski definition) is 2. The third-order valence-electron chi connectivity index (χ3n) is 1.60. The molecule has 0 aliphatic rings. The van der Waals surface area contributed by atoms with Crippen LogP contribution in [0.15, 0.2) is 4.63 Å². The fourth-order valence-corrected chi connectivity index (χ4v) is 0.844. The van der Waals surface area contributed by atoms with Gasteiger partial charge in [0.2, 0.25) is 0 Å². The van der Waals surface area contributed by atoms with Crippen LogP contribution in [0.1, 0.15) is 17.8 Å². The Balaban J connectivity index is 2.20. The number of nitrogens with zero attached hydrogens (tertiary/aromatic N) is 2. The Morgan fingerprint density at radius 2 is 2.33 bits per heavy atom. The second kappa shape index (κ2) is 4.84. The van der Waals surface area contributed by atoms with Crippen LogP contribution in [0.5, 0.6) is 0 Å². The van der Waals surface area contributed by atoms with Crippen molar-refractivity contribution in [2.45, 2.75) is 19.9 Å². The largest absolute Gasteiger partial charge is 0.330 e. The molecular weight excluding hydrogens is 156 g/mol. The summed E-state index contributed by atoms with van der Waals surface area (Å²) in [5.41, 5.74) is 7.04. The molecule has 0 spiro atoms. The molecule has 3 N–H and O–H groups in total. The molecule has 68 valence electrons. The highest BCUT2D eigenvalue weighted by Crippen LogP contribution is 1.98. The summed E-state index contributed by atoms with van der Waals surface area (Å²) in [6.07, 6.45) is 0.977. The van der Waals surface area contributed by atoms with Crippen LogP contribution in [-0.4, -0.2) is 23.4 Å². The Bertz CT molecular complexity index is 223. The third kappa shape index (κ3) is 2.60. The van der Waals surface area contributed by atoms with Gasteiger partial charge in [0.1, 0.15) is 11.4 Å². The number of aromatic nitrogens is 2. The molecule has 0 aromatic carbocycles. The lowest BCUT2D eigenvalue weighted by Gasteiger charge is -1.99. The van der Waals surface area contributed by atoms with Crippen LogP contribution in [-0.2, 0) is 6.54 Å². The predicted molar refractivity (Wildman–Crippen MR) is 44.4 cm³/mol. The summed E-state index contributed by atoms with van der Waals surface area (Å²) in [6, 6.07) is 0. The van der Waals surface area contributed by atoms with E-state index in [1.807, 2.05) is 6.92 Å². The van der Waals surface area contributed by atoms with Crippen LogP contribution in [0.3, 0.4) is 0 Å². The maximum atomic E-state index is 5.33. The summed E-state index contributed by atoms with van der Waals surface area (Å²) in [5.74, 6) is 0. The zero-order chi connectivity index (χ0) is 8.81. The zero-order valence-electron chi connectivity index (χ0n) is 7.21. The van der Waals surface area contributed by atoms with Gasteiger partial charge in [0.15, 0.2) is 0 Å². The Kier molecular flexibility index (Phi) is 3.69. The molecule has 0 unspecified atom stereocenters. The average Bonchev–Trinajstić information content (AvgIpc) is 2.46.